The Hall–Kier alpha value is -1.49. The molecule has 0 amide bonds. The summed E-state index contributed by atoms with van der Waals surface area (Å²) in [5, 5.41) is 0. The third-order valence-corrected chi connectivity index (χ3v) is 5.06. The smallest absolute Gasteiger partial charge is 0.156 e. The lowest BCUT2D eigenvalue weighted by molar-refractivity contribution is 0.121. The summed E-state index contributed by atoms with van der Waals surface area (Å²) in [6.07, 6.45) is 12.1. The largest absolute Gasteiger partial charge is 0.377 e. The van der Waals surface area contributed by atoms with Gasteiger partial charge in [0.2, 0.25) is 0 Å². The zero-order chi connectivity index (χ0) is 15.9. The second-order valence-electron chi connectivity index (χ2n) is 5.79. The average molecular weight is 330 g/mol. The van der Waals surface area contributed by atoms with Crippen molar-refractivity contribution in [1.82, 2.24) is 0 Å². The number of hydrogen-bond acceptors (Lipinski definition) is 3. The monoisotopic (exact) mass is 330 g/mol. The number of ether oxygens (including phenoxy) is 1. The maximum Gasteiger partial charge on any atom is 0.156 e. The van der Waals surface area contributed by atoms with Crippen molar-refractivity contribution in [3.8, 4) is 0 Å². The van der Waals surface area contributed by atoms with E-state index in [-0.39, 0.29) is 6.10 Å². The van der Waals surface area contributed by atoms with Crippen LogP contribution >= 0.6 is 0 Å². The van der Waals surface area contributed by atoms with Gasteiger partial charge in [0.1, 0.15) is 0 Å². The van der Waals surface area contributed by atoms with Crippen LogP contribution in [-0.4, -0.2) is 22.7 Å². The molecule has 0 fully saturated rings. The van der Waals surface area contributed by atoms with Crippen molar-refractivity contribution < 1.29 is 13.1 Å². The quantitative estimate of drug-likeness (QED) is 0.682. The Morgan fingerprint density at radius 2 is 2.04 bits per heavy atom. The molecular formula is C19H22O3S. The van der Waals surface area contributed by atoms with E-state index in [0.717, 1.165) is 18.4 Å². The van der Waals surface area contributed by atoms with Crippen molar-refractivity contribution in [3.05, 3.63) is 71.8 Å². The average Bonchev–Trinajstić information content (AvgIpc) is 2.97. The highest BCUT2D eigenvalue weighted by molar-refractivity contribution is 7.80. The highest BCUT2D eigenvalue weighted by Crippen LogP contribution is 2.32. The molecule has 2 aliphatic rings. The van der Waals surface area contributed by atoms with E-state index in [9.17, 15) is 4.21 Å². The van der Waals surface area contributed by atoms with Crippen molar-refractivity contribution in [3.63, 3.8) is 0 Å². The molecule has 0 heterocycles. The van der Waals surface area contributed by atoms with Gasteiger partial charge in [0, 0.05) is 12.5 Å². The molecule has 0 bridgehead atoms. The van der Waals surface area contributed by atoms with E-state index in [1.807, 2.05) is 36.4 Å². The maximum absolute atomic E-state index is 12.0. The fourth-order valence-electron chi connectivity index (χ4n) is 2.82. The van der Waals surface area contributed by atoms with Crippen molar-refractivity contribution in [2.75, 3.05) is 12.4 Å². The van der Waals surface area contributed by atoms with E-state index >= 15 is 0 Å². The first-order valence-electron chi connectivity index (χ1n) is 8.05. The van der Waals surface area contributed by atoms with Gasteiger partial charge in [0.05, 0.1) is 18.5 Å². The normalized spacial score (nSPS) is 23.6. The Bertz CT molecular complexity index is 619. The molecule has 1 aromatic carbocycles. The minimum Gasteiger partial charge on any atom is -0.377 e. The summed E-state index contributed by atoms with van der Waals surface area (Å²) in [5.74, 6) is 0.946. The predicted octanol–water partition coefficient (Wildman–Crippen LogP) is 3.71. The molecule has 0 spiro atoms. The van der Waals surface area contributed by atoms with Crippen LogP contribution in [0.15, 0.2) is 66.3 Å². The van der Waals surface area contributed by atoms with Crippen molar-refractivity contribution >= 4 is 11.1 Å². The standard InChI is InChI=1S/C19H22O3S/c20-23(12-6-11-21-15-16-7-2-1-3-8-16)22-19-13-17-9-4-5-10-18(17)14-19/h1-5,7-10,13,18-19H,6,11-12,14-15H2. The molecule has 2 aliphatic carbocycles. The Kier molecular flexibility index (Phi) is 5.97. The first kappa shape index (κ1) is 16.4. The van der Waals surface area contributed by atoms with Crippen LogP contribution in [0, 0.1) is 5.92 Å². The zero-order valence-corrected chi connectivity index (χ0v) is 13.9. The molecule has 0 N–H and O–H groups in total. The molecule has 3 unspecified atom stereocenters. The fraction of sp³-hybridized carbons (Fsp3) is 0.368. The van der Waals surface area contributed by atoms with E-state index in [4.69, 9.17) is 8.92 Å². The highest BCUT2D eigenvalue weighted by Gasteiger charge is 2.26. The Morgan fingerprint density at radius 3 is 2.87 bits per heavy atom. The van der Waals surface area contributed by atoms with Crippen LogP contribution in [0.3, 0.4) is 0 Å². The summed E-state index contributed by atoms with van der Waals surface area (Å²) >= 11 is -1.24. The molecule has 3 atom stereocenters. The maximum atomic E-state index is 12.0. The lowest BCUT2D eigenvalue weighted by Gasteiger charge is -2.11. The van der Waals surface area contributed by atoms with Gasteiger partial charge in [-0.05, 0) is 24.0 Å². The van der Waals surface area contributed by atoms with Crippen LogP contribution in [0.5, 0.6) is 0 Å². The van der Waals surface area contributed by atoms with Crippen molar-refractivity contribution in [2.24, 2.45) is 5.92 Å². The van der Waals surface area contributed by atoms with Gasteiger partial charge >= 0.3 is 0 Å². The zero-order valence-electron chi connectivity index (χ0n) is 13.1. The van der Waals surface area contributed by atoms with Gasteiger partial charge in [-0.2, -0.15) is 0 Å². The second kappa shape index (κ2) is 8.39. The van der Waals surface area contributed by atoms with Crippen LogP contribution in [0.1, 0.15) is 18.4 Å². The highest BCUT2D eigenvalue weighted by atomic mass is 32.2. The summed E-state index contributed by atoms with van der Waals surface area (Å²) in [4.78, 5) is 0. The van der Waals surface area contributed by atoms with Gasteiger partial charge < -0.3 is 4.74 Å². The van der Waals surface area contributed by atoms with Crippen LogP contribution in [0.2, 0.25) is 0 Å². The molecule has 3 nitrogen and oxygen atoms in total. The molecule has 23 heavy (non-hydrogen) atoms. The minimum absolute atomic E-state index is 0.0338. The van der Waals surface area contributed by atoms with Crippen LogP contribution in [-0.2, 0) is 26.6 Å². The van der Waals surface area contributed by atoms with Gasteiger partial charge in [-0.15, -0.1) is 0 Å². The summed E-state index contributed by atoms with van der Waals surface area (Å²) < 4.78 is 23.2. The molecule has 0 saturated heterocycles. The van der Waals surface area contributed by atoms with E-state index in [0.29, 0.717) is 24.9 Å². The molecule has 1 aromatic rings. The fourth-order valence-corrected chi connectivity index (χ4v) is 3.68. The molecule has 0 aromatic heterocycles. The predicted molar refractivity (Wildman–Crippen MR) is 93.1 cm³/mol. The Labute approximate surface area is 140 Å². The number of fused-ring (bicyclic) bond motifs is 1. The molecule has 0 aliphatic heterocycles. The number of rotatable bonds is 8. The van der Waals surface area contributed by atoms with Gasteiger partial charge in [0.15, 0.2) is 11.1 Å². The summed E-state index contributed by atoms with van der Waals surface area (Å²) in [5.41, 5.74) is 2.44. The molecule has 0 saturated carbocycles. The van der Waals surface area contributed by atoms with Crippen LogP contribution in [0.25, 0.3) is 0 Å². The van der Waals surface area contributed by atoms with Crippen LogP contribution in [0.4, 0.5) is 0 Å². The topological polar surface area (TPSA) is 35.5 Å². The molecular weight excluding hydrogens is 308 g/mol. The number of hydrogen-bond donors (Lipinski definition) is 0. The van der Waals surface area contributed by atoms with E-state index in [1.54, 1.807) is 0 Å². The van der Waals surface area contributed by atoms with E-state index in [1.165, 1.54) is 5.57 Å². The summed E-state index contributed by atoms with van der Waals surface area (Å²) in [6.45, 7) is 1.20. The van der Waals surface area contributed by atoms with Gasteiger partial charge in [-0.25, -0.2) is 4.21 Å². The summed E-state index contributed by atoms with van der Waals surface area (Å²) in [7, 11) is 0. The number of allylic oxidation sites excluding steroid dienone is 5. The Morgan fingerprint density at radius 1 is 1.17 bits per heavy atom. The molecule has 0 radical (unpaired) electrons. The summed E-state index contributed by atoms with van der Waals surface area (Å²) in [6, 6.07) is 10.1. The molecule has 4 heteroatoms. The SMILES string of the molecule is O=S(CCCOCc1ccccc1)OC1C=C2C=CC=CC2C1. The first-order chi connectivity index (χ1) is 11.3. The minimum atomic E-state index is -1.24. The third kappa shape index (κ3) is 4.99. The van der Waals surface area contributed by atoms with E-state index < -0.39 is 11.1 Å². The van der Waals surface area contributed by atoms with Gasteiger partial charge in [-0.1, -0.05) is 60.7 Å². The third-order valence-electron chi connectivity index (χ3n) is 3.98. The second-order valence-corrected chi connectivity index (χ2v) is 7.00. The van der Waals surface area contributed by atoms with Crippen molar-refractivity contribution in [2.45, 2.75) is 25.6 Å². The van der Waals surface area contributed by atoms with Gasteiger partial charge in [-0.3, -0.25) is 4.18 Å². The lowest BCUT2D eigenvalue weighted by atomic mass is 9.97. The molecule has 3 rings (SSSR count). The van der Waals surface area contributed by atoms with E-state index in [2.05, 4.69) is 24.3 Å². The first-order valence-corrected chi connectivity index (χ1v) is 9.29. The lowest BCUT2D eigenvalue weighted by Crippen LogP contribution is -2.14. The molecule has 122 valence electrons. The number of benzene rings is 1. The Balaban J connectivity index is 1.31. The van der Waals surface area contributed by atoms with Gasteiger partial charge in [0.25, 0.3) is 0 Å². The van der Waals surface area contributed by atoms with Crippen LogP contribution < -0.4 is 0 Å². The van der Waals surface area contributed by atoms with Crippen molar-refractivity contribution in [1.29, 1.82) is 0 Å².